The van der Waals surface area contributed by atoms with Crippen molar-refractivity contribution >= 4 is 0 Å². The van der Waals surface area contributed by atoms with E-state index in [0.29, 0.717) is 6.04 Å². The number of hydrogen-bond donors (Lipinski definition) is 1. The SMILES string of the molecule is CC(C)(O)CCN1CCC[C@@H]1Cc1ccccc1. The molecule has 1 aromatic rings. The van der Waals surface area contributed by atoms with Crippen LogP contribution >= 0.6 is 0 Å². The first-order valence-corrected chi connectivity index (χ1v) is 7.05. The summed E-state index contributed by atoms with van der Waals surface area (Å²) in [6, 6.07) is 11.4. The van der Waals surface area contributed by atoms with Crippen molar-refractivity contribution < 1.29 is 5.11 Å². The molecule has 0 unspecified atom stereocenters. The summed E-state index contributed by atoms with van der Waals surface area (Å²) in [5, 5.41) is 9.83. The van der Waals surface area contributed by atoms with Gasteiger partial charge in [-0.25, -0.2) is 0 Å². The van der Waals surface area contributed by atoms with E-state index in [1.807, 2.05) is 13.8 Å². The van der Waals surface area contributed by atoms with Gasteiger partial charge >= 0.3 is 0 Å². The third-order valence-electron chi connectivity index (χ3n) is 3.82. The molecule has 0 bridgehead atoms. The fourth-order valence-corrected chi connectivity index (χ4v) is 2.72. The quantitative estimate of drug-likeness (QED) is 0.865. The molecule has 0 aliphatic carbocycles. The van der Waals surface area contributed by atoms with Crippen molar-refractivity contribution in [2.45, 2.75) is 51.2 Å². The summed E-state index contributed by atoms with van der Waals surface area (Å²) in [5.41, 5.74) is 0.887. The van der Waals surface area contributed by atoms with Crippen LogP contribution in [0.3, 0.4) is 0 Å². The van der Waals surface area contributed by atoms with Gasteiger partial charge in [-0.15, -0.1) is 0 Å². The minimum Gasteiger partial charge on any atom is -0.390 e. The second kappa shape index (κ2) is 5.85. The average molecular weight is 247 g/mol. The molecular formula is C16H25NO. The molecule has 1 aliphatic rings. The van der Waals surface area contributed by atoms with E-state index in [2.05, 4.69) is 35.2 Å². The summed E-state index contributed by atoms with van der Waals surface area (Å²) in [4.78, 5) is 2.55. The van der Waals surface area contributed by atoms with Gasteiger partial charge in [0.1, 0.15) is 0 Å². The van der Waals surface area contributed by atoms with Gasteiger partial charge in [-0.3, -0.25) is 4.90 Å². The van der Waals surface area contributed by atoms with E-state index >= 15 is 0 Å². The first-order valence-electron chi connectivity index (χ1n) is 7.05. The lowest BCUT2D eigenvalue weighted by molar-refractivity contribution is 0.0559. The van der Waals surface area contributed by atoms with Gasteiger partial charge in [-0.1, -0.05) is 30.3 Å². The number of aliphatic hydroxyl groups is 1. The van der Waals surface area contributed by atoms with Crippen molar-refractivity contribution in [1.29, 1.82) is 0 Å². The van der Waals surface area contributed by atoms with Crippen LogP contribution in [0.1, 0.15) is 38.7 Å². The van der Waals surface area contributed by atoms with Crippen LogP contribution in [-0.2, 0) is 6.42 Å². The van der Waals surface area contributed by atoms with Crippen LogP contribution in [0.2, 0.25) is 0 Å². The van der Waals surface area contributed by atoms with Crippen molar-refractivity contribution in [2.75, 3.05) is 13.1 Å². The summed E-state index contributed by atoms with van der Waals surface area (Å²) < 4.78 is 0. The van der Waals surface area contributed by atoms with Gasteiger partial charge in [0.05, 0.1) is 5.60 Å². The van der Waals surface area contributed by atoms with E-state index in [-0.39, 0.29) is 0 Å². The maximum absolute atomic E-state index is 9.83. The van der Waals surface area contributed by atoms with Gasteiger partial charge < -0.3 is 5.11 Å². The Morgan fingerprint density at radius 1 is 1.28 bits per heavy atom. The maximum atomic E-state index is 9.83. The molecule has 2 heteroatoms. The molecule has 2 nitrogen and oxygen atoms in total. The molecule has 1 aliphatic heterocycles. The Labute approximate surface area is 111 Å². The summed E-state index contributed by atoms with van der Waals surface area (Å²) in [6.45, 7) is 6.00. The predicted octanol–water partition coefficient (Wildman–Crippen LogP) is 2.85. The van der Waals surface area contributed by atoms with Gasteiger partial charge in [0.2, 0.25) is 0 Å². The van der Waals surface area contributed by atoms with E-state index in [4.69, 9.17) is 0 Å². The molecule has 0 radical (unpaired) electrons. The Balaban J connectivity index is 1.88. The molecule has 1 fully saturated rings. The van der Waals surface area contributed by atoms with Gasteiger partial charge in [0.25, 0.3) is 0 Å². The van der Waals surface area contributed by atoms with E-state index in [1.165, 1.54) is 24.9 Å². The average Bonchev–Trinajstić information content (AvgIpc) is 2.74. The zero-order valence-electron chi connectivity index (χ0n) is 11.6. The second-order valence-corrected chi connectivity index (χ2v) is 6.08. The van der Waals surface area contributed by atoms with Crippen LogP contribution < -0.4 is 0 Å². The van der Waals surface area contributed by atoms with Gasteiger partial charge in [0.15, 0.2) is 0 Å². The fourth-order valence-electron chi connectivity index (χ4n) is 2.72. The molecule has 0 saturated carbocycles. The third-order valence-corrected chi connectivity index (χ3v) is 3.82. The minimum atomic E-state index is -0.542. The zero-order valence-corrected chi connectivity index (χ0v) is 11.6. The Bertz CT molecular complexity index is 355. The van der Waals surface area contributed by atoms with Crippen LogP contribution in [0.4, 0.5) is 0 Å². The van der Waals surface area contributed by atoms with Crippen LogP contribution in [0, 0.1) is 0 Å². The Morgan fingerprint density at radius 3 is 2.67 bits per heavy atom. The highest BCUT2D eigenvalue weighted by atomic mass is 16.3. The highest BCUT2D eigenvalue weighted by Gasteiger charge is 2.25. The summed E-state index contributed by atoms with van der Waals surface area (Å²) in [7, 11) is 0. The number of likely N-dealkylation sites (tertiary alicyclic amines) is 1. The zero-order chi connectivity index (χ0) is 13.0. The monoisotopic (exact) mass is 247 g/mol. The maximum Gasteiger partial charge on any atom is 0.0603 e. The van der Waals surface area contributed by atoms with E-state index in [0.717, 1.165) is 19.4 Å². The number of rotatable bonds is 5. The Hall–Kier alpha value is -0.860. The summed E-state index contributed by atoms with van der Waals surface area (Å²) in [6.07, 6.45) is 4.59. The molecule has 1 N–H and O–H groups in total. The van der Waals surface area contributed by atoms with Crippen LogP contribution in [0.15, 0.2) is 30.3 Å². The van der Waals surface area contributed by atoms with E-state index in [1.54, 1.807) is 0 Å². The van der Waals surface area contributed by atoms with Crippen molar-refractivity contribution in [3.63, 3.8) is 0 Å². The number of benzene rings is 1. The minimum absolute atomic E-state index is 0.542. The summed E-state index contributed by atoms with van der Waals surface area (Å²) >= 11 is 0. The fraction of sp³-hybridized carbons (Fsp3) is 0.625. The molecule has 100 valence electrons. The normalized spacial score (nSPS) is 21.4. The first-order chi connectivity index (χ1) is 8.54. The van der Waals surface area contributed by atoms with E-state index in [9.17, 15) is 5.11 Å². The summed E-state index contributed by atoms with van der Waals surface area (Å²) in [5.74, 6) is 0. The van der Waals surface area contributed by atoms with Gasteiger partial charge in [0, 0.05) is 12.6 Å². The lowest BCUT2D eigenvalue weighted by Crippen LogP contribution is -2.35. The first kappa shape index (κ1) is 13.6. The van der Waals surface area contributed by atoms with Gasteiger partial charge in [-0.05, 0) is 51.6 Å². The van der Waals surface area contributed by atoms with Gasteiger partial charge in [-0.2, -0.15) is 0 Å². The molecule has 1 aromatic carbocycles. The third kappa shape index (κ3) is 4.11. The van der Waals surface area contributed by atoms with E-state index < -0.39 is 5.60 Å². The van der Waals surface area contributed by atoms with Crippen molar-refractivity contribution in [3.8, 4) is 0 Å². The standard InChI is InChI=1S/C16H25NO/c1-16(2,18)10-12-17-11-6-9-15(17)13-14-7-4-3-5-8-14/h3-5,7-8,15,18H,6,9-13H2,1-2H3/t15-/m1/s1. The number of hydrogen-bond acceptors (Lipinski definition) is 2. The molecule has 2 rings (SSSR count). The molecule has 0 amide bonds. The molecular weight excluding hydrogens is 222 g/mol. The Morgan fingerprint density at radius 2 is 2.00 bits per heavy atom. The smallest absolute Gasteiger partial charge is 0.0603 e. The lowest BCUT2D eigenvalue weighted by atomic mass is 10.0. The largest absolute Gasteiger partial charge is 0.390 e. The molecule has 1 saturated heterocycles. The predicted molar refractivity (Wildman–Crippen MR) is 75.7 cm³/mol. The Kier molecular flexibility index (Phi) is 4.41. The van der Waals surface area contributed by atoms with Crippen molar-refractivity contribution in [3.05, 3.63) is 35.9 Å². The van der Waals surface area contributed by atoms with Crippen molar-refractivity contribution in [2.24, 2.45) is 0 Å². The molecule has 0 spiro atoms. The molecule has 1 atom stereocenters. The molecule has 1 heterocycles. The number of nitrogens with zero attached hydrogens (tertiary/aromatic N) is 1. The highest BCUT2D eigenvalue weighted by molar-refractivity contribution is 5.16. The van der Waals surface area contributed by atoms with Crippen LogP contribution in [0.25, 0.3) is 0 Å². The second-order valence-electron chi connectivity index (χ2n) is 6.08. The van der Waals surface area contributed by atoms with Crippen molar-refractivity contribution in [1.82, 2.24) is 4.90 Å². The van der Waals surface area contributed by atoms with Crippen LogP contribution in [0.5, 0.6) is 0 Å². The molecule has 0 aromatic heterocycles. The van der Waals surface area contributed by atoms with Crippen LogP contribution in [-0.4, -0.2) is 34.7 Å². The molecule has 18 heavy (non-hydrogen) atoms. The highest BCUT2D eigenvalue weighted by Crippen LogP contribution is 2.22. The topological polar surface area (TPSA) is 23.5 Å². The lowest BCUT2D eigenvalue weighted by Gasteiger charge is -2.27.